The van der Waals surface area contributed by atoms with E-state index in [-0.39, 0.29) is 30.5 Å². The van der Waals surface area contributed by atoms with Gasteiger partial charge in [-0.1, -0.05) is 11.7 Å². The first kappa shape index (κ1) is 26.9. The molecule has 0 radical (unpaired) electrons. The number of rotatable bonds is 9. The summed E-state index contributed by atoms with van der Waals surface area (Å²) in [6.45, 7) is 3.52. The lowest BCUT2D eigenvalue weighted by atomic mass is 10.1. The number of amides is 2. The quantitative estimate of drug-likeness (QED) is 0.273. The highest BCUT2D eigenvalue weighted by molar-refractivity contribution is 5.92. The fraction of sp³-hybridized carbons (Fsp3) is 0.192. The number of carbonyl (C=O) groups is 2. The maximum absolute atomic E-state index is 13.3. The number of aromatic nitrogens is 8. The first-order valence-corrected chi connectivity index (χ1v) is 12.3. The van der Waals surface area contributed by atoms with Crippen molar-refractivity contribution in [2.45, 2.75) is 6.54 Å². The van der Waals surface area contributed by atoms with Crippen LogP contribution in [0.1, 0.15) is 16.3 Å². The van der Waals surface area contributed by atoms with Crippen molar-refractivity contribution in [2.75, 3.05) is 32.6 Å². The number of nitrogens with one attached hydrogen (secondary N) is 1. The third-order valence-corrected chi connectivity index (χ3v) is 6.10. The van der Waals surface area contributed by atoms with Crippen molar-refractivity contribution >= 4 is 23.1 Å². The van der Waals surface area contributed by atoms with E-state index in [1.807, 2.05) is 6.07 Å². The summed E-state index contributed by atoms with van der Waals surface area (Å²) in [5.74, 6) is -0.160. The second-order valence-electron chi connectivity index (χ2n) is 9.11. The van der Waals surface area contributed by atoms with E-state index in [9.17, 15) is 14.4 Å². The summed E-state index contributed by atoms with van der Waals surface area (Å²) in [5.41, 5.74) is 2.51. The summed E-state index contributed by atoms with van der Waals surface area (Å²) in [6.07, 6.45) is 8.79. The Hall–Kier alpha value is -5.73. The number of carbonyl (C=O) groups excluding carboxylic acids is 2. The van der Waals surface area contributed by atoms with Crippen molar-refractivity contribution in [1.82, 2.24) is 49.7 Å². The van der Waals surface area contributed by atoms with Crippen LogP contribution in [-0.2, 0) is 11.3 Å². The summed E-state index contributed by atoms with van der Waals surface area (Å²) < 4.78 is 7.56. The third kappa shape index (κ3) is 5.40. The lowest BCUT2D eigenvalue weighted by Gasteiger charge is -2.23. The molecule has 0 aliphatic rings. The molecule has 0 saturated carbocycles. The van der Waals surface area contributed by atoms with Crippen LogP contribution in [0.5, 0.6) is 0 Å². The maximum Gasteiger partial charge on any atom is 0.367 e. The van der Waals surface area contributed by atoms with Crippen LogP contribution < -0.4 is 15.9 Å². The van der Waals surface area contributed by atoms with Gasteiger partial charge in [-0.25, -0.2) is 19.4 Å². The Morgan fingerprint density at radius 3 is 2.44 bits per heavy atom. The average molecular weight is 556 g/mol. The average Bonchev–Trinajstić information content (AvgIpc) is 3.62. The fourth-order valence-corrected chi connectivity index (χ4v) is 3.99. The molecule has 0 bridgehead atoms. The smallest absolute Gasteiger partial charge is 0.362 e. The van der Waals surface area contributed by atoms with Crippen LogP contribution in [0.25, 0.3) is 28.1 Å². The van der Waals surface area contributed by atoms with Crippen LogP contribution in [0, 0.1) is 0 Å². The monoisotopic (exact) mass is 555 g/mol. The van der Waals surface area contributed by atoms with E-state index in [0.717, 1.165) is 10.1 Å². The zero-order valence-electron chi connectivity index (χ0n) is 22.4. The maximum atomic E-state index is 13.3. The molecule has 0 aliphatic carbocycles. The van der Waals surface area contributed by atoms with Gasteiger partial charge in [-0.15, -0.1) is 5.10 Å². The minimum absolute atomic E-state index is 0.00788. The van der Waals surface area contributed by atoms with E-state index in [4.69, 9.17) is 4.52 Å². The van der Waals surface area contributed by atoms with Gasteiger partial charge in [-0.05, 0) is 18.3 Å². The van der Waals surface area contributed by atoms with Crippen LogP contribution >= 0.6 is 0 Å². The highest BCUT2D eigenvalue weighted by Gasteiger charge is 2.23. The van der Waals surface area contributed by atoms with Gasteiger partial charge in [0.15, 0.2) is 5.76 Å². The molecule has 0 saturated heterocycles. The number of pyridine rings is 1. The molecule has 208 valence electrons. The zero-order valence-corrected chi connectivity index (χ0v) is 22.4. The van der Waals surface area contributed by atoms with E-state index in [1.54, 1.807) is 50.6 Å². The molecule has 0 aliphatic heterocycles. The highest BCUT2D eigenvalue weighted by Crippen LogP contribution is 2.31. The minimum atomic E-state index is -0.512. The van der Waals surface area contributed by atoms with E-state index in [0.29, 0.717) is 28.3 Å². The van der Waals surface area contributed by atoms with Gasteiger partial charge in [0, 0.05) is 62.5 Å². The van der Waals surface area contributed by atoms with E-state index < -0.39 is 11.6 Å². The summed E-state index contributed by atoms with van der Waals surface area (Å²) in [5, 5.41) is 15.0. The van der Waals surface area contributed by atoms with Gasteiger partial charge in [0.2, 0.25) is 17.4 Å². The molecule has 1 N–H and O–H groups in total. The van der Waals surface area contributed by atoms with Crippen LogP contribution in [0.15, 0.2) is 71.3 Å². The van der Waals surface area contributed by atoms with Crippen LogP contribution in [0.4, 0.5) is 5.69 Å². The van der Waals surface area contributed by atoms with Crippen LogP contribution in [0.2, 0.25) is 0 Å². The van der Waals surface area contributed by atoms with Crippen molar-refractivity contribution in [2.24, 2.45) is 0 Å². The Morgan fingerprint density at radius 2 is 1.80 bits per heavy atom. The van der Waals surface area contributed by atoms with Crippen LogP contribution in [0.3, 0.4) is 0 Å². The first-order valence-electron chi connectivity index (χ1n) is 12.3. The van der Waals surface area contributed by atoms with Gasteiger partial charge in [0.1, 0.15) is 0 Å². The Morgan fingerprint density at radius 1 is 1.05 bits per heavy atom. The largest absolute Gasteiger partial charge is 0.367 e. The Bertz CT molecular complexity index is 1770. The van der Waals surface area contributed by atoms with Gasteiger partial charge >= 0.3 is 5.69 Å². The van der Waals surface area contributed by atoms with Crippen molar-refractivity contribution in [3.63, 3.8) is 0 Å². The van der Waals surface area contributed by atoms with Crippen molar-refractivity contribution in [3.05, 3.63) is 84.0 Å². The molecule has 5 aromatic rings. The summed E-state index contributed by atoms with van der Waals surface area (Å²) in [4.78, 5) is 53.8. The second-order valence-corrected chi connectivity index (χ2v) is 9.11. The number of hydrogen-bond acceptors (Lipinski definition) is 11. The summed E-state index contributed by atoms with van der Waals surface area (Å²) in [7, 11) is 5.01. The van der Waals surface area contributed by atoms with Gasteiger partial charge in [0.05, 0.1) is 36.9 Å². The molecule has 0 spiro atoms. The molecule has 0 fully saturated rings. The second kappa shape index (κ2) is 11.2. The number of anilines is 1. The Balaban J connectivity index is 1.56. The zero-order chi connectivity index (χ0) is 29.1. The fourth-order valence-electron chi connectivity index (χ4n) is 3.99. The molecule has 41 heavy (non-hydrogen) atoms. The lowest BCUT2D eigenvalue weighted by molar-refractivity contribution is -0.127. The molecule has 0 aromatic carbocycles. The Kier molecular flexibility index (Phi) is 7.32. The number of hydrogen-bond donors (Lipinski definition) is 1. The molecule has 2 amide bonds. The molecular formula is C26H25N11O4. The topological polar surface area (TPSA) is 170 Å². The van der Waals surface area contributed by atoms with E-state index >= 15 is 0 Å². The molecule has 5 rings (SSSR count). The Labute approximate surface area is 232 Å². The molecular weight excluding hydrogens is 530 g/mol. The summed E-state index contributed by atoms with van der Waals surface area (Å²) in [6, 6.07) is 5.29. The number of likely N-dealkylation sites (N-methyl/N-ethyl adjacent to an activating group) is 2. The van der Waals surface area contributed by atoms with E-state index in [2.05, 4.69) is 42.2 Å². The van der Waals surface area contributed by atoms with Gasteiger partial charge in [0.25, 0.3) is 5.91 Å². The standard InChI is InChI=1S/C26H25N11O4/c1-5-27-25(39)23-29-11-17(12-30-23)19-13-31-37-24(22(19)35(4)15-21(38)34(2)3)33-36(26(37)40)14-18-7-6-16(10-28-18)20-8-9-32-41-20/h5-13H,1,14-15H2,2-4H3,(H,27,39). The normalized spacial score (nSPS) is 10.9. The molecule has 0 atom stereocenters. The summed E-state index contributed by atoms with van der Waals surface area (Å²) >= 11 is 0. The SMILES string of the molecule is C=CNC(=O)c1ncc(-c2cnn3c(=O)n(Cc4ccc(-c5ccno5)cn4)nc3c2N(C)CC(=O)N(C)C)cn1. The molecule has 5 aromatic heterocycles. The molecule has 15 heteroatoms. The predicted molar refractivity (Wildman–Crippen MR) is 147 cm³/mol. The predicted octanol–water partition coefficient (Wildman–Crippen LogP) is 0.844. The van der Waals surface area contributed by atoms with Gasteiger partial charge < -0.3 is 19.6 Å². The molecule has 0 unspecified atom stereocenters. The lowest BCUT2D eigenvalue weighted by Crippen LogP contribution is -2.35. The van der Waals surface area contributed by atoms with E-state index in [1.165, 1.54) is 34.4 Å². The third-order valence-electron chi connectivity index (χ3n) is 6.10. The van der Waals surface area contributed by atoms with Crippen molar-refractivity contribution in [3.8, 4) is 22.5 Å². The number of nitrogens with zero attached hydrogens (tertiary/aromatic N) is 10. The number of fused-ring (bicyclic) bond motifs is 1. The molecule has 5 heterocycles. The van der Waals surface area contributed by atoms with Crippen LogP contribution in [-0.4, -0.2) is 83.9 Å². The molecule has 15 nitrogen and oxygen atoms in total. The van der Waals surface area contributed by atoms with Crippen molar-refractivity contribution in [1.29, 1.82) is 0 Å². The first-order chi connectivity index (χ1) is 19.8. The van der Waals surface area contributed by atoms with Gasteiger partial charge in [-0.3, -0.25) is 14.6 Å². The van der Waals surface area contributed by atoms with Crippen molar-refractivity contribution < 1.29 is 14.1 Å². The minimum Gasteiger partial charge on any atom is -0.362 e. The highest BCUT2D eigenvalue weighted by atomic mass is 16.5. The van der Waals surface area contributed by atoms with Gasteiger partial charge in [-0.2, -0.15) is 9.61 Å².